The molecule has 1 unspecified atom stereocenters. The molecule has 0 saturated carbocycles. The maximum Gasteiger partial charge on any atom is 0.101 e. The molecule has 2 rings (SSSR count). The van der Waals surface area contributed by atoms with Crippen LogP contribution in [0.15, 0.2) is 47.2 Å². The van der Waals surface area contributed by atoms with E-state index in [0.29, 0.717) is 12.1 Å². The largest absolute Gasteiger partial charge is 0.386 e. The summed E-state index contributed by atoms with van der Waals surface area (Å²) in [6, 6.07) is 9.29. The minimum absolute atomic E-state index is 0.476. The summed E-state index contributed by atoms with van der Waals surface area (Å²) in [6.07, 6.45) is 3.27. The van der Waals surface area contributed by atoms with E-state index in [1.807, 2.05) is 30.3 Å². The Balaban J connectivity index is 2.08. The highest BCUT2D eigenvalue weighted by Crippen LogP contribution is 2.15. The van der Waals surface area contributed by atoms with E-state index in [2.05, 4.69) is 25.9 Å². The molecule has 0 radical (unpaired) electrons. The summed E-state index contributed by atoms with van der Waals surface area (Å²) in [5, 5.41) is 9.93. The summed E-state index contributed by atoms with van der Waals surface area (Å²) in [7, 11) is 0. The number of nitrogens with zero attached hydrogens (tertiary/aromatic N) is 2. The van der Waals surface area contributed by atoms with Gasteiger partial charge in [0.2, 0.25) is 0 Å². The van der Waals surface area contributed by atoms with Crippen LogP contribution in [0.3, 0.4) is 0 Å². The van der Waals surface area contributed by atoms with Crippen LogP contribution in [-0.2, 0) is 6.42 Å². The normalized spacial score (nSPS) is 12.4. The van der Waals surface area contributed by atoms with Crippen molar-refractivity contribution >= 4 is 15.9 Å². The van der Waals surface area contributed by atoms with Crippen molar-refractivity contribution in [3.05, 3.63) is 58.6 Å². The van der Waals surface area contributed by atoms with Gasteiger partial charge in [-0.2, -0.15) is 0 Å². The molecule has 1 atom stereocenters. The van der Waals surface area contributed by atoms with Crippen LogP contribution in [0, 0.1) is 0 Å². The molecule has 0 aliphatic carbocycles. The van der Waals surface area contributed by atoms with E-state index in [1.54, 1.807) is 12.4 Å². The van der Waals surface area contributed by atoms with Crippen LogP contribution < -0.4 is 0 Å². The van der Waals surface area contributed by atoms with Crippen LogP contribution in [0.25, 0.3) is 0 Å². The minimum atomic E-state index is -0.602. The second kappa shape index (κ2) is 5.18. The van der Waals surface area contributed by atoms with Gasteiger partial charge in [0.1, 0.15) is 6.10 Å². The Hall–Kier alpha value is -1.26. The average molecular weight is 279 g/mol. The lowest BCUT2D eigenvalue weighted by Gasteiger charge is -2.08. The Morgan fingerprint density at radius 2 is 2.06 bits per heavy atom. The minimum Gasteiger partial charge on any atom is -0.386 e. The highest BCUT2D eigenvalue weighted by atomic mass is 79.9. The van der Waals surface area contributed by atoms with E-state index in [-0.39, 0.29) is 0 Å². The van der Waals surface area contributed by atoms with Crippen LogP contribution in [0.2, 0.25) is 0 Å². The van der Waals surface area contributed by atoms with Gasteiger partial charge in [0.25, 0.3) is 0 Å². The molecule has 1 N–H and O–H groups in total. The number of aliphatic hydroxyl groups is 1. The Morgan fingerprint density at radius 1 is 1.19 bits per heavy atom. The number of halogens is 1. The first-order valence-corrected chi connectivity index (χ1v) is 5.74. The molecule has 0 aliphatic rings. The Bertz CT molecular complexity index is 444. The highest BCUT2D eigenvalue weighted by Gasteiger charge is 2.09. The fourth-order valence-corrected chi connectivity index (χ4v) is 1.64. The molecule has 0 spiro atoms. The summed E-state index contributed by atoms with van der Waals surface area (Å²) < 4.78 is 0.934. The topological polar surface area (TPSA) is 46.0 Å². The third kappa shape index (κ3) is 2.87. The van der Waals surface area contributed by atoms with E-state index >= 15 is 0 Å². The zero-order valence-electron chi connectivity index (χ0n) is 8.55. The molecule has 0 fully saturated rings. The predicted molar refractivity (Wildman–Crippen MR) is 64.8 cm³/mol. The van der Waals surface area contributed by atoms with Gasteiger partial charge in [-0.3, -0.25) is 9.97 Å². The fraction of sp³-hybridized carbons (Fsp3) is 0.167. The molecular formula is C12H11BrN2O. The van der Waals surface area contributed by atoms with Crippen molar-refractivity contribution in [2.45, 2.75) is 12.5 Å². The molecular weight excluding hydrogens is 268 g/mol. The van der Waals surface area contributed by atoms with Crippen molar-refractivity contribution < 1.29 is 5.11 Å². The fourth-order valence-electron chi connectivity index (χ4n) is 1.40. The van der Waals surface area contributed by atoms with E-state index in [0.717, 1.165) is 10.2 Å². The second-order valence-electron chi connectivity index (χ2n) is 3.44. The first kappa shape index (κ1) is 11.2. The van der Waals surface area contributed by atoms with Gasteiger partial charge in [-0.1, -0.05) is 6.07 Å². The molecule has 82 valence electrons. The van der Waals surface area contributed by atoms with Gasteiger partial charge in [-0.05, 0) is 40.2 Å². The van der Waals surface area contributed by atoms with Crippen molar-refractivity contribution in [1.82, 2.24) is 9.97 Å². The number of rotatable bonds is 3. The van der Waals surface area contributed by atoms with Gasteiger partial charge < -0.3 is 5.11 Å². The Kier molecular flexibility index (Phi) is 3.64. The SMILES string of the molecule is OC(Cc1ccc(Br)cn1)c1ccccn1. The smallest absolute Gasteiger partial charge is 0.101 e. The molecule has 3 nitrogen and oxygen atoms in total. The third-order valence-electron chi connectivity index (χ3n) is 2.22. The quantitative estimate of drug-likeness (QED) is 0.939. The van der Waals surface area contributed by atoms with Gasteiger partial charge in [-0.15, -0.1) is 0 Å². The summed E-state index contributed by atoms with van der Waals surface area (Å²) in [4.78, 5) is 8.31. The summed E-state index contributed by atoms with van der Waals surface area (Å²) in [5.74, 6) is 0. The lowest BCUT2D eigenvalue weighted by atomic mass is 10.1. The van der Waals surface area contributed by atoms with E-state index < -0.39 is 6.10 Å². The van der Waals surface area contributed by atoms with E-state index in [4.69, 9.17) is 0 Å². The maximum atomic E-state index is 9.93. The molecule has 16 heavy (non-hydrogen) atoms. The monoisotopic (exact) mass is 278 g/mol. The number of hydrogen-bond acceptors (Lipinski definition) is 3. The third-order valence-corrected chi connectivity index (χ3v) is 2.69. The molecule has 0 aliphatic heterocycles. The maximum absolute atomic E-state index is 9.93. The highest BCUT2D eigenvalue weighted by molar-refractivity contribution is 9.10. The molecule has 2 heterocycles. The van der Waals surface area contributed by atoms with Gasteiger partial charge in [0.15, 0.2) is 0 Å². The van der Waals surface area contributed by atoms with Gasteiger partial charge in [-0.25, -0.2) is 0 Å². The van der Waals surface area contributed by atoms with Crippen LogP contribution in [0.4, 0.5) is 0 Å². The lowest BCUT2D eigenvalue weighted by molar-refractivity contribution is 0.172. The number of aliphatic hydroxyl groups excluding tert-OH is 1. The van der Waals surface area contributed by atoms with Crippen LogP contribution in [-0.4, -0.2) is 15.1 Å². The number of aromatic nitrogens is 2. The van der Waals surface area contributed by atoms with Gasteiger partial charge in [0, 0.05) is 29.0 Å². The molecule has 0 aromatic carbocycles. The Labute approximate surface area is 102 Å². The Morgan fingerprint density at radius 3 is 2.69 bits per heavy atom. The molecule has 0 saturated heterocycles. The average Bonchev–Trinajstić information content (AvgIpc) is 2.33. The van der Waals surface area contributed by atoms with Crippen molar-refractivity contribution in [2.75, 3.05) is 0 Å². The standard InChI is InChI=1S/C12H11BrN2O/c13-9-4-5-10(15-8-9)7-12(16)11-3-1-2-6-14-11/h1-6,8,12,16H,7H2. The van der Waals surface area contributed by atoms with Crippen molar-refractivity contribution in [2.24, 2.45) is 0 Å². The summed E-state index contributed by atoms with van der Waals surface area (Å²) >= 11 is 3.32. The van der Waals surface area contributed by atoms with Crippen LogP contribution in [0.5, 0.6) is 0 Å². The number of pyridine rings is 2. The van der Waals surface area contributed by atoms with Crippen molar-refractivity contribution in [3.63, 3.8) is 0 Å². The molecule has 0 bridgehead atoms. The number of hydrogen-bond donors (Lipinski definition) is 1. The molecule has 2 aromatic heterocycles. The van der Waals surface area contributed by atoms with Crippen LogP contribution >= 0.6 is 15.9 Å². The predicted octanol–water partition coefficient (Wildman–Crippen LogP) is 2.52. The second-order valence-corrected chi connectivity index (χ2v) is 4.36. The lowest BCUT2D eigenvalue weighted by Crippen LogP contribution is -2.04. The van der Waals surface area contributed by atoms with Gasteiger partial charge in [0.05, 0.1) is 5.69 Å². The van der Waals surface area contributed by atoms with Gasteiger partial charge >= 0.3 is 0 Å². The molecule has 4 heteroatoms. The first-order chi connectivity index (χ1) is 7.75. The zero-order valence-corrected chi connectivity index (χ0v) is 10.1. The van der Waals surface area contributed by atoms with Crippen molar-refractivity contribution in [1.29, 1.82) is 0 Å². The van der Waals surface area contributed by atoms with Crippen molar-refractivity contribution in [3.8, 4) is 0 Å². The molecule has 2 aromatic rings. The first-order valence-electron chi connectivity index (χ1n) is 4.95. The van der Waals surface area contributed by atoms with Crippen LogP contribution in [0.1, 0.15) is 17.5 Å². The molecule has 0 amide bonds. The van der Waals surface area contributed by atoms with E-state index in [9.17, 15) is 5.11 Å². The summed E-state index contributed by atoms with van der Waals surface area (Å²) in [6.45, 7) is 0. The zero-order chi connectivity index (χ0) is 11.4. The van der Waals surface area contributed by atoms with E-state index in [1.165, 1.54) is 0 Å². The summed E-state index contributed by atoms with van der Waals surface area (Å²) in [5.41, 5.74) is 1.52.